The molecule has 0 aliphatic carbocycles. The van der Waals surface area contributed by atoms with Crippen LogP contribution in [-0.2, 0) is 9.59 Å². The molecule has 30 heavy (non-hydrogen) atoms. The molecule has 0 spiro atoms. The molecule has 8 heteroatoms. The summed E-state index contributed by atoms with van der Waals surface area (Å²) in [5.41, 5.74) is 0.598. The first-order valence-electron chi connectivity index (χ1n) is 9.43. The van der Waals surface area contributed by atoms with Crippen LogP contribution in [0, 0.1) is 5.92 Å². The molecule has 0 bridgehead atoms. The molecule has 2 aromatic carbocycles. The average Bonchev–Trinajstić information content (AvgIpc) is 3.16. The minimum Gasteiger partial charge on any atom is -0.480 e. The number of rotatable bonds is 7. The fourth-order valence-electron chi connectivity index (χ4n) is 3.26. The molecule has 1 fully saturated rings. The molecule has 0 aromatic heterocycles. The molecular weight excluding hydrogens is 446 g/mol. The number of aliphatic carboxylic acids is 1. The summed E-state index contributed by atoms with van der Waals surface area (Å²) in [6.07, 6.45) is 0.420. The number of carbonyl (C=O) groups is 3. The molecule has 3 rings (SSSR count). The van der Waals surface area contributed by atoms with E-state index in [1.807, 2.05) is 36.4 Å². The van der Waals surface area contributed by atoms with Crippen LogP contribution in [0.1, 0.15) is 23.7 Å². The van der Waals surface area contributed by atoms with E-state index in [1.165, 1.54) is 4.90 Å². The first-order valence-corrected chi connectivity index (χ1v) is 11.3. The summed E-state index contributed by atoms with van der Waals surface area (Å²) in [4.78, 5) is 39.5. The SMILES string of the molecule is C[C@H](CSC(=O)c1ccccc1)C(=O)N1C[C@@H](Sc2ccccc2)C[C@H]1C(=O)O.[Ca+2]. The molecule has 5 nitrogen and oxygen atoms in total. The second-order valence-corrected chi connectivity index (χ2v) is 9.37. The van der Waals surface area contributed by atoms with Gasteiger partial charge in [-0.1, -0.05) is 67.2 Å². The Kier molecular flexibility index (Phi) is 10.2. The van der Waals surface area contributed by atoms with Crippen LogP contribution in [0.4, 0.5) is 0 Å². The molecule has 1 heterocycles. The van der Waals surface area contributed by atoms with Gasteiger partial charge in [0.2, 0.25) is 11.0 Å². The van der Waals surface area contributed by atoms with Gasteiger partial charge >= 0.3 is 43.7 Å². The van der Waals surface area contributed by atoms with Crippen LogP contribution in [0.5, 0.6) is 0 Å². The van der Waals surface area contributed by atoms with Crippen LogP contribution in [-0.4, -0.2) is 88.3 Å². The van der Waals surface area contributed by atoms with E-state index < -0.39 is 17.9 Å². The van der Waals surface area contributed by atoms with Gasteiger partial charge in [-0.3, -0.25) is 9.59 Å². The summed E-state index contributed by atoms with van der Waals surface area (Å²) in [6.45, 7) is 2.15. The Hall–Kier alpha value is -0.990. The third kappa shape index (κ3) is 6.75. The molecular formula is C22H23CaNO4S2+2. The normalized spacial score (nSPS) is 19.0. The van der Waals surface area contributed by atoms with Crippen molar-refractivity contribution in [3.8, 4) is 0 Å². The largest absolute Gasteiger partial charge is 2.00 e. The maximum absolute atomic E-state index is 12.9. The fraction of sp³-hybridized carbons (Fsp3) is 0.318. The zero-order valence-corrected chi connectivity index (χ0v) is 20.6. The minimum absolute atomic E-state index is 0. The van der Waals surface area contributed by atoms with Crippen LogP contribution < -0.4 is 0 Å². The van der Waals surface area contributed by atoms with Crippen molar-refractivity contribution in [3.05, 3.63) is 66.2 Å². The number of carbonyl (C=O) groups excluding carboxylic acids is 2. The first-order chi connectivity index (χ1) is 14.0. The zero-order valence-electron chi connectivity index (χ0n) is 16.8. The van der Waals surface area contributed by atoms with Crippen molar-refractivity contribution in [2.75, 3.05) is 12.3 Å². The van der Waals surface area contributed by atoms with Crippen molar-refractivity contribution in [2.45, 2.75) is 29.5 Å². The van der Waals surface area contributed by atoms with E-state index in [2.05, 4.69) is 0 Å². The van der Waals surface area contributed by atoms with E-state index in [9.17, 15) is 19.5 Å². The number of benzene rings is 2. The molecule has 0 radical (unpaired) electrons. The number of carboxylic acid groups (broad SMARTS) is 1. The molecule has 3 atom stereocenters. The van der Waals surface area contributed by atoms with Crippen LogP contribution in [0.15, 0.2) is 65.6 Å². The molecule has 152 valence electrons. The van der Waals surface area contributed by atoms with Crippen LogP contribution in [0.2, 0.25) is 0 Å². The van der Waals surface area contributed by atoms with Crippen molar-refractivity contribution >= 4 is 78.3 Å². The van der Waals surface area contributed by atoms with Gasteiger partial charge in [0.1, 0.15) is 6.04 Å². The Morgan fingerprint density at radius 1 is 1.07 bits per heavy atom. The van der Waals surface area contributed by atoms with Gasteiger partial charge in [-0.15, -0.1) is 11.8 Å². The van der Waals surface area contributed by atoms with Crippen molar-refractivity contribution in [1.82, 2.24) is 4.90 Å². The maximum Gasteiger partial charge on any atom is 2.00 e. The average molecular weight is 470 g/mol. The van der Waals surface area contributed by atoms with Gasteiger partial charge in [0.05, 0.1) is 0 Å². The Labute approximate surface area is 215 Å². The number of amides is 1. The molecule has 1 aliphatic heterocycles. The summed E-state index contributed by atoms with van der Waals surface area (Å²) >= 11 is 2.70. The van der Waals surface area contributed by atoms with Crippen LogP contribution in [0.25, 0.3) is 0 Å². The van der Waals surface area contributed by atoms with E-state index in [0.29, 0.717) is 24.3 Å². The third-order valence-electron chi connectivity index (χ3n) is 4.77. The Balaban J connectivity index is 0.00000320. The van der Waals surface area contributed by atoms with Gasteiger partial charge in [-0.2, -0.15) is 0 Å². The number of hydrogen-bond donors (Lipinski definition) is 1. The second kappa shape index (κ2) is 12.1. The van der Waals surface area contributed by atoms with Gasteiger partial charge in [0.15, 0.2) is 0 Å². The predicted octanol–water partition coefficient (Wildman–Crippen LogP) is 3.66. The van der Waals surface area contributed by atoms with E-state index >= 15 is 0 Å². The number of carboxylic acids is 1. The van der Waals surface area contributed by atoms with Crippen molar-refractivity contribution in [3.63, 3.8) is 0 Å². The van der Waals surface area contributed by atoms with Gasteiger partial charge in [0.25, 0.3) is 0 Å². The number of hydrogen-bond acceptors (Lipinski definition) is 5. The molecule has 1 amide bonds. The zero-order chi connectivity index (χ0) is 20.8. The fourth-order valence-corrected chi connectivity index (χ4v) is 5.32. The summed E-state index contributed by atoms with van der Waals surface area (Å²) < 4.78 is 0. The molecule has 2 aromatic rings. The van der Waals surface area contributed by atoms with Crippen LogP contribution >= 0.6 is 23.5 Å². The third-order valence-corrected chi connectivity index (χ3v) is 7.16. The smallest absolute Gasteiger partial charge is 0.480 e. The molecule has 1 saturated heterocycles. The first kappa shape index (κ1) is 25.3. The minimum atomic E-state index is -0.977. The quantitative estimate of drug-likeness (QED) is 0.624. The van der Waals surface area contributed by atoms with Gasteiger partial charge in [0, 0.05) is 33.9 Å². The van der Waals surface area contributed by atoms with Gasteiger partial charge in [-0.05, 0) is 18.6 Å². The van der Waals surface area contributed by atoms with E-state index in [1.54, 1.807) is 43.0 Å². The molecule has 0 unspecified atom stereocenters. The van der Waals surface area contributed by atoms with E-state index in [0.717, 1.165) is 16.7 Å². The monoisotopic (exact) mass is 469 g/mol. The topological polar surface area (TPSA) is 74.7 Å². The van der Waals surface area contributed by atoms with Crippen molar-refractivity contribution in [2.24, 2.45) is 5.92 Å². The predicted molar refractivity (Wildman–Crippen MR) is 122 cm³/mol. The Morgan fingerprint density at radius 3 is 2.27 bits per heavy atom. The summed E-state index contributed by atoms with van der Waals surface area (Å²) in [5, 5.41) is 9.55. The Bertz CT molecular complexity index is 866. The standard InChI is InChI=1S/C22H23NO4S2.Ca/c1-15(14-28-22(27)16-8-4-2-5-9-16)20(24)23-13-18(12-19(23)21(25)26)29-17-10-6-3-7-11-17;/h2-11,15,18-19H,12-14H2,1H3,(H,25,26);/q;+2/t15-,18+,19+;/m1./s1. The number of likely N-dealkylation sites (tertiary alicyclic amines) is 1. The molecule has 1 N–H and O–H groups in total. The Morgan fingerprint density at radius 2 is 1.67 bits per heavy atom. The number of nitrogens with zero attached hydrogens (tertiary/aromatic N) is 1. The summed E-state index contributed by atoms with van der Waals surface area (Å²) in [7, 11) is 0. The van der Waals surface area contributed by atoms with Gasteiger partial charge in [-0.25, -0.2) is 4.79 Å². The van der Waals surface area contributed by atoms with Crippen molar-refractivity contribution in [1.29, 1.82) is 0 Å². The van der Waals surface area contributed by atoms with Crippen molar-refractivity contribution < 1.29 is 19.5 Å². The number of thioether (sulfide) groups is 2. The van der Waals surface area contributed by atoms with E-state index in [-0.39, 0.29) is 54.0 Å². The summed E-state index contributed by atoms with van der Waals surface area (Å²) in [5.74, 6) is -1.29. The molecule has 0 saturated carbocycles. The van der Waals surface area contributed by atoms with Gasteiger partial charge < -0.3 is 10.0 Å². The second-order valence-electron chi connectivity index (χ2n) is 7.00. The van der Waals surface area contributed by atoms with Crippen LogP contribution in [0.3, 0.4) is 0 Å². The van der Waals surface area contributed by atoms with E-state index in [4.69, 9.17) is 0 Å². The summed E-state index contributed by atoms with van der Waals surface area (Å²) in [6, 6.07) is 17.9. The molecule has 1 aliphatic rings. The maximum atomic E-state index is 12.9.